The molecule has 130 valence electrons. The number of piperidine rings is 1. The predicted molar refractivity (Wildman–Crippen MR) is 88.1 cm³/mol. The van der Waals surface area contributed by atoms with Gasteiger partial charge in [-0.15, -0.1) is 0 Å². The van der Waals surface area contributed by atoms with Crippen molar-refractivity contribution in [2.24, 2.45) is 5.92 Å². The van der Waals surface area contributed by atoms with Crippen molar-refractivity contribution in [2.75, 3.05) is 13.1 Å². The van der Waals surface area contributed by atoms with Crippen molar-refractivity contribution in [1.82, 2.24) is 4.90 Å². The van der Waals surface area contributed by atoms with Gasteiger partial charge in [0.25, 0.3) is 5.91 Å². The van der Waals surface area contributed by atoms with Gasteiger partial charge in [-0.25, -0.2) is 8.78 Å². The maximum atomic E-state index is 14.4. The highest BCUT2D eigenvalue weighted by molar-refractivity contribution is 5.95. The number of hydrogen-bond donors (Lipinski definition) is 1. The largest absolute Gasteiger partial charge is 0.481 e. The van der Waals surface area contributed by atoms with Crippen LogP contribution >= 0.6 is 0 Å². The third kappa shape index (κ3) is 3.68. The van der Waals surface area contributed by atoms with Gasteiger partial charge >= 0.3 is 5.97 Å². The summed E-state index contributed by atoms with van der Waals surface area (Å²) in [5, 5.41) is 8.99. The summed E-state index contributed by atoms with van der Waals surface area (Å²) in [5.41, 5.74) is 1.17. The van der Waals surface area contributed by atoms with Crippen LogP contribution in [0.2, 0.25) is 0 Å². The minimum Gasteiger partial charge on any atom is -0.481 e. The molecule has 1 amide bonds. The van der Waals surface area contributed by atoms with Crippen molar-refractivity contribution in [2.45, 2.75) is 12.8 Å². The van der Waals surface area contributed by atoms with E-state index in [1.807, 2.05) is 0 Å². The lowest BCUT2D eigenvalue weighted by molar-refractivity contribution is -0.143. The fourth-order valence-electron chi connectivity index (χ4n) is 3.01. The summed E-state index contributed by atoms with van der Waals surface area (Å²) >= 11 is 0. The van der Waals surface area contributed by atoms with E-state index < -0.39 is 23.6 Å². The number of amides is 1. The second-order valence-corrected chi connectivity index (χ2v) is 6.11. The number of aliphatic carboxylic acids is 1. The number of likely N-dealkylation sites (tertiary alicyclic amines) is 1. The van der Waals surface area contributed by atoms with Crippen molar-refractivity contribution in [3.63, 3.8) is 0 Å². The van der Waals surface area contributed by atoms with Gasteiger partial charge in [0.1, 0.15) is 11.6 Å². The molecule has 1 N–H and O–H groups in total. The number of carboxylic acids is 1. The summed E-state index contributed by atoms with van der Waals surface area (Å²) in [5.74, 6) is -2.77. The molecule has 25 heavy (non-hydrogen) atoms. The first-order chi connectivity index (χ1) is 12.0. The number of carboxylic acid groups (broad SMARTS) is 1. The van der Waals surface area contributed by atoms with E-state index in [4.69, 9.17) is 5.11 Å². The molecule has 1 heterocycles. The molecule has 1 aliphatic rings. The molecule has 0 atom stereocenters. The summed E-state index contributed by atoms with van der Waals surface area (Å²) in [7, 11) is 0. The molecule has 0 unspecified atom stereocenters. The first kappa shape index (κ1) is 17.1. The average Bonchev–Trinajstić information content (AvgIpc) is 2.62. The zero-order chi connectivity index (χ0) is 18.0. The van der Waals surface area contributed by atoms with Gasteiger partial charge in [-0.2, -0.15) is 0 Å². The molecule has 0 saturated carbocycles. The average molecular weight is 345 g/mol. The first-order valence-electron chi connectivity index (χ1n) is 8.03. The van der Waals surface area contributed by atoms with Gasteiger partial charge in [0.05, 0.1) is 11.5 Å². The van der Waals surface area contributed by atoms with Crippen LogP contribution in [0.5, 0.6) is 0 Å². The standard InChI is InChI=1S/C19H17F2NO3/c20-15-4-1-12(2-5-15)14-3-6-16(17(21)11-14)18(23)22-9-7-13(8-10-22)19(24)25/h1-6,11,13H,7-10H2,(H,24,25). The lowest BCUT2D eigenvalue weighted by Crippen LogP contribution is -2.40. The van der Waals surface area contributed by atoms with Crippen LogP contribution in [-0.4, -0.2) is 35.0 Å². The Balaban J connectivity index is 1.76. The Hall–Kier alpha value is -2.76. The summed E-state index contributed by atoms with van der Waals surface area (Å²) in [6.45, 7) is 0.601. The molecule has 1 saturated heterocycles. The van der Waals surface area contributed by atoms with Gasteiger partial charge in [0.15, 0.2) is 0 Å². The SMILES string of the molecule is O=C(O)C1CCN(C(=O)c2ccc(-c3ccc(F)cc3)cc2F)CC1. The molecule has 0 bridgehead atoms. The van der Waals surface area contributed by atoms with Crippen molar-refractivity contribution in [3.05, 3.63) is 59.7 Å². The van der Waals surface area contributed by atoms with Crippen LogP contribution in [0.15, 0.2) is 42.5 Å². The monoisotopic (exact) mass is 345 g/mol. The van der Waals surface area contributed by atoms with Crippen molar-refractivity contribution in [3.8, 4) is 11.1 Å². The quantitative estimate of drug-likeness (QED) is 0.925. The lowest BCUT2D eigenvalue weighted by Gasteiger charge is -2.30. The van der Waals surface area contributed by atoms with E-state index in [0.717, 1.165) is 0 Å². The molecule has 2 aromatic carbocycles. The molecule has 0 radical (unpaired) electrons. The summed E-state index contributed by atoms with van der Waals surface area (Å²) in [6, 6.07) is 9.96. The number of benzene rings is 2. The molecule has 4 nitrogen and oxygen atoms in total. The minimum absolute atomic E-state index is 0.0420. The third-order valence-corrected chi connectivity index (χ3v) is 4.51. The highest BCUT2D eigenvalue weighted by Gasteiger charge is 2.28. The Morgan fingerprint density at radius 2 is 1.56 bits per heavy atom. The second-order valence-electron chi connectivity index (χ2n) is 6.11. The van der Waals surface area contributed by atoms with E-state index >= 15 is 0 Å². The molecular formula is C19H17F2NO3. The van der Waals surface area contributed by atoms with Crippen LogP contribution in [0.4, 0.5) is 8.78 Å². The maximum absolute atomic E-state index is 14.4. The van der Waals surface area contributed by atoms with Gasteiger partial charge in [0, 0.05) is 13.1 Å². The normalized spacial score (nSPS) is 15.2. The molecule has 2 aromatic rings. The van der Waals surface area contributed by atoms with E-state index in [0.29, 0.717) is 37.1 Å². The lowest BCUT2D eigenvalue weighted by atomic mass is 9.96. The first-order valence-corrected chi connectivity index (χ1v) is 8.03. The summed E-state index contributed by atoms with van der Waals surface area (Å²) in [4.78, 5) is 24.9. The van der Waals surface area contributed by atoms with Crippen molar-refractivity contribution >= 4 is 11.9 Å². The van der Waals surface area contributed by atoms with E-state index in [2.05, 4.69) is 0 Å². The van der Waals surface area contributed by atoms with Gasteiger partial charge in [-0.1, -0.05) is 18.2 Å². The van der Waals surface area contributed by atoms with Crippen LogP contribution in [-0.2, 0) is 4.79 Å². The predicted octanol–water partition coefficient (Wildman–Crippen LogP) is 3.57. The number of hydrogen-bond acceptors (Lipinski definition) is 2. The Kier molecular flexibility index (Phi) is 4.79. The van der Waals surface area contributed by atoms with Crippen LogP contribution in [0.25, 0.3) is 11.1 Å². The highest BCUT2D eigenvalue weighted by atomic mass is 19.1. The van der Waals surface area contributed by atoms with Gasteiger partial charge in [-0.3, -0.25) is 9.59 Å². The van der Waals surface area contributed by atoms with Crippen molar-refractivity contribution in [1.29, 1.82) is 0 Å². The van der Waals surface area contributed by atoms with Gasteiger partial charge in [-0.05, 0) is 48.2 Å². The molecule has 0 aromatic heterocycles. The number of carbonyl (C=O) groups excluding carboxylic acids is 1. The fourth-order valence-corrected chi connectivity index (χ4v) is 3.01. The summed E-state index contributed by atoms with van der Waals surface area (Å²) < 4.78 is 27.4. The van der Waals surface area contributed by atoms with Gasteiger partial charge < -0.3 is 10.0 Å². The number of rotatable bonds is 3. The molecule has 6 heteroatoms. The van der Waals surface area contributed by atoms with E-state index in [9.17, 15) is 18.4 Å². The zero-order valence-electron chi connectivity index (χ0n) is 13.4. The fraction of sp³-hybridized carbons (Fsp3) is 0.263. The van der Waals surface area contributed by atoms with Crippen LogP contribution in [0, 0.1) is 17.6 Å². The van der Waals surface area contributed by atoms with Crippen LogP contribution < -0.4 is 0 Å². The Bertz CT molecular complexity index is 797. The van der Waals surface area contributed by atoms with Crippen LogP contribution in [0.1, 0.15) is 23.2 Å². The number of nitrogens with zero attached hydrogens (tertiary/aromatic N) is 1. The zero-order valence-corrected chi connectivity index (χ0v) is 13.4. The third-order valence-electron chi connectivity index (χ3n) is 4.51. The Morgan fingerprint density at radius 1 is 0.960 bits per heavy atom. The number of halogens is 2. The van der Waals surface area contributed by atoms with E-state index in [1.54, 1.807) is 18.2 Å². The molecule has 3 rings (SSSR count). The maximum Gasteiger partial charge on any atom is 0.306 e. The topological polar surface area (TPSA) is 57.6 Å². The smallest absolute Gasteiger partial charge is 0.306 e. The van der Waals surface area contributed by atoms with Crippen LogP contribution in [0.3, 0.4) is 0 Å². The molecule has 0 spiro atoms. The molecular weight excluding hydrogens is 328 g/mol. The Morgan fingerprint density at radius 3 is 2.12 bits per heavy atom. The Labute approximate surface area is 143 Å². The molecule has 1 aliphatic heterocycles. The minimum atomic E-state index is -0.859. The number of carbonyl (C=O) groups is 2. The van der Waals surface area contributed by atoms with Gasteiger partial charge in [0.2, 0.25) is 0 Å². The molecule has 1 fully saturated rings. The van der Waals surface area contributed by atoms with E-state index in [-0.39, 0.29) is 11.4 Å². The van der Waals surface area contributed by atoms with Crippen molar-refractivity contribution < 1.29 is 23.5 Å². The second kappa shape index (κ2) is 7.01. The highest BCUT2D eigenvalue weighted by Crippen LogP contribution is 2.24. The summed E-state index contributed by atoms with van der Waals surface area (Å²) in [6.07, 6.45) is 0.743. The molecule has 0 aliphatic carbocycles. The van der Waals surface area contributed by atoms with E-state index in [1.165, 1.54) is 29.2 Å².